The second-order valence-electron chi connectivity index (χ2n) is 6.10. The van der Waals surface area contributed by atoms with Crippen LogP contribution in [0.25, 0.3) is 0 Å². The molecule has 2 rings (SSSR count). The number of ether oxygens (including phenoxy) is 1. The fraction of sp³-hybridized carbons (Fsp3) is 0.857. The predicted octanol–water partition coefficient (Wildman–Crippen LogP) is 3.85. The molecular formula is C14H25N3OS. The lowest BCUT2D eigenvalue weighted by Gasteiger charge is -2.33. The molecule has 0 saturated heterocycles. The number of hydrogen-bond donors (Lipinski definition) is 1. The first-order valence-electron chi connectivity index (χ1n) is 7.27. The monoisotopic (exact) mass is 283 g/mol. The van der Waals surface area contributed by atoms with E-state index < -0.39 is 0 Å². The van der Waals surface area contributed by atoms with Gasteiger partial charge in [0.2, 0.25) is 5.13 Å². The minimum absolute atomic E-state index is 0.406. The summed E-state index contributed by atoms with van der Waals surface area (Å²) < 4.78 is 5.96. The van der Waals surface area contributed by atoms with Gasteiger partial charge >= 0.3 is 0 Å². The number of nitrogens with one attached hydrogen (secondary N) is 1. The van der Waals surface area contributed by atoms with E-state index in [2.05, 4.69) is 36.3 Å². The van der Waals surface area contributed by atoms with Crippen LogP contribution in [0.3, 0.4) is 0 Å². The summed E-state index contributed by atoms with van der Waals surface area (Å²) in [6, 6.07) is 0. The van der Waals surface area contributed by atoms with Crippen LogP contribution in [0.15, 0.2) is 0 Å². The largest absolute Gasteiger partial charge is 0.371 e. The fourth-order valence-electron chi connectivity index (χ4n) is 2.34. The van der Waals surface area contributed by atoms with E-state index in [1.165, 1.54) is 25.7 Å². The van der Waals surface area contributed by atoms with E-state index in [4.69, 9.17) is 4.74 Å². The van der Waals surface area contributed by atoms with Gasteiger partial charge in [0.25, 0.3) is 0 Å². The molecule has 1 aromatic rings. The maximum atomic E-state index is 5.96. The standard InChI is InChI=1S/C14H25N3OS/c1-4-9-15-13-17-16-12(19-13)10-18-11-5-7-14(2,3)8-6-11/h11H,4-10H2,1-3H3,(H,15,17). The van der Waals surface area contributed by atoms with Crippen molar-refractivity contribution in [3.05, 3.63) is 5.01 Å². The molecule has 0 amide bonds. The molecule has 0 aliphatic heterocycles. The van der Waals surface area contributed by atoms with Gasteiger partial charge in [0.1, 0.15) is 11.6 Å². The molecule has 1 saturated carbocycles. The summed E-state index contributed by atoms with van der Waals surface area (Å²) in [5.41, 5.74) is 0.500. The van der Waals surface area contributed by atoms with E-state index >= 15 is 0 Å². The molecule has 1 heterocycles. The molecule has 1 N–H and O–H groups in total. The van der Waals surface area contributed by atoms with Gasteiger partial charge < -0.3 is 10.1 Å². The van der Waals surface area contributed by atoms with Crippen LogP contribution in [0.4, 0.5) is 5.13 Å². The molecular weight excluding hydrogens is 258 g/mol. The number of rotatable bonds is 6. The maximum Gasteiger partial charge on any atom is 0.205 e. The summed E-state index contributed by atoms with van der Waals surface area (Å²) in [5.74, 6) is 0. The first-order chi connectivity index (χ1) is 9.09. The molecule has 4 nitrogen and oxygen atoms in total. The lowest BCUT2D eigenvalue weighted by atomic mass is 9.76. The van der Waals surface area contributed by atoms with Gasteiger partial charge in [0.05, 0.1) is 6.10 Å². The van der Waals surface area contributed by atoms with Crippen molar-refractivity contribution < 1.29 is 4.74 Å². The van der Waals surface area contributed by atoms with Crippen molar-refractivity contribution in [3.63, 3.8) is 0 Å². The van der Waals surface area contributed by atoms with Gasteiger partial charge in [-0.05, 0) is 37.5 Å². The summed E-state index contributed by atoms with van der Waals surface area (Å²) in [6.45, 7) is 8.39. The van der Waals surface area contributed by atoms with Crippen LogP contribution in [0.2, 0.25) is 0 Å². The van der Waals surface area contributed by atoms with Crippen molar-refractivity contribution in [1.29, 1.82) is 0 Å². The van der Waals surface area contributed by atoms with Crippen LogP contribution < -0.4 is 5.32 Å². The van der Waals surface area contributed by atoms with Gasteiger partial charge in [-0.2, -0.15) is 0 Å². The SMILES string of the molecule is CCCNc1nnc(COC2CCC(C)(C)CC2)s1. The topological polar surface area (TPSA) is 47.0 Å². The summed E-state index contributed by atoms with van der Waals surface area (Å²) in [4.78, 5) is 0. The third kappa shape index (κ3) is 4.73. The Hall–Kier alpha value is -0.680. The van der Waals surface area contributed by atoms with Gasteiger partial charge in [-0.15, -0.1) is 10.2 Å². The van der Waals surface area contributed by atoms with Crippen molar-refractivity contribution in [2.75, 3.05) is 11.9 Å². The third-order valence-electron chi connectivity index (χ3n) is 3.72. The Morgan fingerprint density at radius 3 is 2.74 bits per heavy atom. The average molecular weight is 283 g/mol. The summed E-state index contributed by atoms with van der Waals surface area (Å²) in [5, 5.41) is 13.4. The van der Waals surface area contributed by atoms with E-state index in [0.29, 0.717) is 18.1 Å². The molecule has 0 spiro atoms. The lowest BCUT2D eigenvalue weighted by Crippen LogP contribution is -2.26. The van der Waals surface area contributed by atoms with Gasteiger partial charge in [0, 0.05) is 6.54 Å². The fourth-order valence-corrected chi connectivity index (χ4v) is 3.03. The Labute approximate surface area is 120 Å². The van der Waals surface area contributed by atoms with Crippen LogP contribution in [-0.4, -0.2) is 22.8 Å². The van der Waals surface area contributed by atoms with Crippen LogP contribution >= 0.6 is 11.3 Å². The molecule has 108 valence electrons. The Kier molecular flexibility index (Phi) is 5.16. The zero-order chi connectivity index (χ0) is 13.7. The van der Waals surface area contributed by atoms with E-state index in [1.807, 2.05) is 0 Å². The lowest BCUT2D eigenvalue weighted by molar-refractivity contribution is -0.00582. The van der Waals surface area contributed by atoms with E-state index in [9.17, 15) is 0 Å². The van der Waals surface area contributed by atoms with E-state index in [-0.39, 0.29) is 0 Å². The Morgan fingerprint density at radius 2 is 2.05 bits per heavy atom. The second-order valence-corrected chi connectivity index (χ2v) is 7.16. The molecule has 0 unspecified atom stereocenters. The Bertz CT molecular complexity index is 382. The molecule has 1 aliphatic carbocycles. The number of nitrogens with zero attached hydrogens (tertiary/aromatic N) is 2. The van der Waals surface area contributed by atoms with Crippen molar-refractivity contribution >= 4 is 16.5 Å². The van der Waals surface area contributed by atoms with Gasteiger partial charge in [-0.25, -0.2) is 0 Å². The molecule has 0 aromatic carbocycles. The molecule has 19 heavy (non-hydrogen) atoms. The van der Waals surface area contributed by atoms with Crippen molar-refractivity contribution in [3.8, 4) is 0 Å². The highest BCUT2D eigenvalue weighted by Crippen LogP contribution is 2.36. The van der Waals surface area contributed by atoms with Crippen LogP contribution in [-0.2, 0) is 11.3 Å². The molecule has 1 fully saturated rings. The zero-order valence-electron chi connectivity index (χ0n) is 12.2. The first kappa shape index (κ1) is 14.7. The highest BCUT2D eigenvalue weighted by atomic mass is 32.1. The summed E-state index contributed by atoms with van der Waals surface area (Å²) >= 11 is 1.60. The highest BCUT2D eigenvalue weighted by molar-refractivity contribution is 7.15. The second kappa shape index (κ2) is 6.66. The van der Waals surface area contributed by atoms with Crippen LogP contribution in [0.5, 0.6) is 0 Å². The number of anilines is 1. The molecule has 5 heteroatoms. The number of aromatic nitrogens is 2. The molecule has 0 radical (unpaired) electrons. The third-order valence-corrected chi connectivity index (χ3v) is 4.58. The molecule has 1 aromatic heterocycles. The van der Waals surface area contributed by atoms with E-state index in [1.54, 1.807) is 11.3 Å². The van der Waals surface area contributed by atoms with Gasteiger partial charge in [0.15, 0.2) is 0 Å². The Balaban J connectivity index is 1.72. The molecule has 0 bridgehead atoms. The smallest absolute Gasteiger partial charge is 0.205 e. The Morgan fingerprint density at radius 1 is 1.32 bits per heavy atom. The normalized spacial score (nSPS) is 19.5. The van der Waals surface area contributed by atoms with Crippen molar-refractivity contribution in [1.82, 2.24) is 10.2 Å². The van der Waals surface area contributed by atoms with Crippen molar-refractivity contribution in [2.24, 2.45) is 5.41 Å². The van der Waals surface area contributed by atoms with Gasteiger partial charge in [-0.1, -0.05) is 32.1 Å². The summed E-state index contributed by atoms with van der Waals surface area (Å²) in [7, 11) is 0. The van der Waals surface area contributed by atoms with E-state index in [0.717, 1.165) is 23.1 Å². The molecule has 1 aliphatic rings. The quantitative estimate of drug-likeness (QED) is 0.861. The molecule has 0 atom stereocenters. The zero-order valence-corrected chi connectivity index (χ0v) is 13.1. The average Bonchev–Trinajstić information content (AvgIpc) is 2.83. The highest BCUT2D eigenvalue weighted by Gasteiger charge is 2.27. The number of hydrogen-bond acceptors (Lipinski definition) is 5. The van der Waals surface area contributed by atoms with Gasteiger partial charge in [-0.3, -0.25) is 0 Å². The summed E-state index contributed by atoms with van der Waals surface area (Å²) in [6.07, 6.45) is 6.38. The maximum absolute atomic E-state index is 5.96. The van der Waals surface area contributed by atoms with Crippen LogP contribution in [0.1, 0.15) is 57.9 Å². The first-order valence-corrected chi connectivity index (χ1v) is 8.08. The predicted molar refractivity (Wildman–Crippen MR) is 79.5 cm³/mol. The van der Waals surface area contributed by atoms with Crippen LogP contribution in [0, 0.1) is 5.41 Å². The van der Waals surface area contributed by atoms with Crippen molar-refractivity contribution in [2.45, 2.75) is 65.6 Å². The minimum Gasteiger partial charge on any atom is -0.371 e. The minimum atomic E-state index is 0.406.